The molecule has 1 aromatic heterocycles. The molecule has 0 saturated carbocycles. The summed E-state index contributed by atoms with van der Waals surface area (Å²) in [6.45, 7) is 5.17. The molecule has 0 radical (unpaired) electrons. The number of benzene rings is 2. The summed E-state index contributed by atoms with van der Waals surface area (Å²) in [7, 11) is 0. The van der Waals surface area contributed by atoms with E-state index in [-0.39, 0.29) is 23.4 Å². The highest BCUT2D eigenvalue weighted by Gasteiger charge is 2.28. The number of aryl methyl sites for hydroxylation is 1. The standard InChI is InChI=1S/C25H27N3O2/c1-18-17-23(29)28(26-24(18)21-11-7-4-8-12-21)22-13-15-27(16-14-22)25(30)19(2)20-9-5-3-6-10-20/h3-12,17,19,22H,13-16H2,1-2H3. The van der Waals surface area contributed by atoms with Crippen molar-refractivity contribution in [2.24, 2.45) is 0 Å². The van der Waals surface area contributed by atoms with E-state index in [9.17, 15) is 9.59 Å². The molecule has 5 nitrogen and oxygen atoms in total. The average molecular weight is 402 g/mol. The molecule has 5 heteroatoms. The molecule has 0 N–H and O–H groups in total. The van der Waals surface area contributed by atoms with E-state index in [1.807, 2.05) is 79.4 Å². The van der Waals surface area contributed by atoms with Crippen LogP contribution < -0.4 is 5.56 Å². The first-order valence-corrected chi connectivity index (χ1v) is 10.5. The number of aromatic nitrogens is 2. The Hall–Kier alpha value is -3.21. The van der Waals surface area contributed by atoms with Crippen molar-refractivity contribution >= 4 is 5.91 Å². The number of amides is 1. The van der Waals surface area contributed by atoms with Crippen LogP contribution in [0.25, 0.3) is 11.3 Å². The third-order valence-corrected chi connectivity index (χ3v) is 5.99. The Kier molecular flexibility index (Phi) is 5.79. The largest absolute Gasteiger partial charge is 0.342 e. The van der Waals surface area contributed by atoms with Crippen molar-refractivity contribution < 1.29 is 4.79 Å². The summed E-state index contributed by atoms with van der Waals surface area (Å²) in [4.78, 5) is 27.5. The maximum absolute atomic E-state index is 12.9. The molecule has 1 atom stereocenters. The van der Waals surface area contributed by atoms with Crippen molar-refractivity contribution in [2.45, 2.75) is 38.6 Å². The Labute approximate surface area is 177 Å². The number of hydrogen-bond donors (Lipinski definition) is 0. The molecule has 1 aliphatic rings. The van der Waals surface area contributed by atoms with Gasteiger partial charge in [-0.05, 0) is 37.8 Å². The van der Waals surface area contributed by atoms with Gasteiger partial charge in [0.15, 0.2) is 0 Å². The Bertz CT molecular complexity index is 1070. The quantitative estimate of drug-likeness (QED) is 0.659. The first-order valence-electron chi connectivity index (χ1n) is 10.5. The Morgan fingerprint density at radius 1 is 1.00 bits per heavy atom. The predicted molar refractivity (Wildman–Crippen MR) is 118 cm³/mol. The van der Waals surface area contributed by atoms with Crippen LogP contribution in [0.15, 0.2) is 71.5 Å². The second-order valence-corrected chi connectivity index (χ2v) is 8.01. The van der Waals surface area contributed by atoms with Gasteiger partial charge in [-0.2, -0.15) is 5.10 Å². The van der Waals surface area contributed by atoms with E-state index in [0.29, 0.717) is 13.1 Å². The van der Waals surface area contributed by atoms with Crippen LogP contribution in [0.1, 0.15) is 42.9 Å². The van der Waals surface area contributed by atoms with E-state index in [1.165, 1.54) is 0 Å². The van der Waals surface area contributed by atoms with Crippen molar-refractivity contribution in [3.63, 3.8) is 0 Å². The van der Waals surface area contributed by atoms with E-state index in [1.54, 1.807) is 10.7 Å². The van der Waals surface area contributed by atoms with Crippen molar-refractivity contribution in [3.8, 4) is 11.3 Å². The van der Waals surface area contributed by atoms with Gasteiger partial charge < -0.3 is 4.90 Å². The van der Waals surface area contributed by atoms with Gasteiger partial charge in [-0.15, -0.1) is 0 Å². The summed E-state index contributed by atoms with van der Waals surface area (Å²) < 4.78 is 1.62. The smallest absolute Gasteiger partial charge is 0.267 e. The molecule has 1 saturated heterocycles. The molecule has 1 amide bonds. The first-order chi connectivity index (χ1) is 14.5. The fraction of sp³-hybridized carbons (Fsp3) is 0.320. The van der Waals surface area contributed by atoms with Gasteiger partial charge in [0.2, 0.25) is 5.91 Å². The number of carbonyl (C=O) groups excluding carboxylic acids is 1. The summed E-state index contributed by atoms with van der Waals surface area (Å²) >= 11 is 0. The van der Waals surface area contributed by atoms with Gasteiger partial charge in [0.25, 0.3) is 5.56 Å². The zero-order valence-electron chi connectivity index (χ0n) is 17.5. The minimum absolute atomic E-state index is 0.0108. The molecule has 3 aromatic rings. The Morgan fingerprint density at radius 3 is 2.23 bits per heavy atom. The second kappa shape index (κ2) is 8.66. The highest BCUT2D eigenvalue weighted by atomic mass is 16.2. The monoisotopic (exact) mass is 401 g/mol. The SMILES string of the molecule is Cc1cc(=O)n(C2CCN(C(=O)C(C)c3ccccc3)CC2)nc1-c1ccccc1. The van der Waals surface area contributed by atoms with E-state index in [0.717, 1.165) is 35.2 Å². The van der Waals surface area contributed by atoms with Crippen LogP contribution in [-0.4, -0.2) is 33.7 Å². The van der Waals surface area contributed by atoms with Gasteiger partial charge in [0.1, 0.15) is 0 Å². The lowest BCUT2D eigenvalue weighted by molar-refractivity contribution is -0.133. The minimum Gasteiger partial charge on any atom is -0.342 e. The summed E-state index contributed by atoms with van der Waals surface area (Å²) in [6, 6.07) is 21.5. The van der Waals surface area contributed by atoms with Crippen LogP contribution in [0.5, 0.6) is 0 Å². The van der Waals surface area contributed by atoms with Gasteiger partial charge in [0.05, 0.1) is 17.7 Å². The summed E-state index contributed by atoms with van der Waals surface area (Å²) in [5.74, 6) is -0.0125. The van der Waals surface area contributed by atoms with Gasteiger partial charge >= 0.3 is 0 Å². The third kappa shape index (κ3) is 4.06. The number of hydrogen-bond acceptors (Lipinski definition) is 3. The number of likely N-dealkylation sites (tertiary alicyclic amines) is 1. The summed E-state index contributed by atoms with van der Waals surface area (Å²) in [5, 5.41) is 4.72. The Balaban J connectivity index is 1.49. The number of piperidine rings is 1. The molecule has 154 valence electrons. The maximum atomic E-state index is 12.9. The van der Waals surface area contributed by atoms with Crippen LogP contribution in [0, 0.1) is 6.92 Å². The first kappa shape index (κ1) is 20.1. The average Bonchev–Trinajstić information content (AvgIpc) is 2.79. The van der Waals surface area contributed by atoms with E-state index < -0.39 is 0 Å². The molecule has 0 bridgehead atoms. The minimum atomic E-state index is -0.160. The fourth-order valence-corrected chi connectivity index (χ4v) is 4.19. The highest BCUT2D eigenvalue weighted by molar-refractivity contribution is 5.83. The predicted octanol–water partition coefficient (Wildman–Crippen LogP) is 4.19. The van der Waals surface area contributed by atoms with Crippen LogP contribution in [0.4, 0.5) is 0 Å². The molecular weight excluding hydrogens is 374 g/mol. The second-order valence-electron chi connectivity index (χ2n) is 8.01. The van der Waals surface area contributed by atoms with Gasteiger partial charge in [-0.25, -0.2) is 4.68 Å². The van der Waals surface area contributed by atoms with Crippen molar-refractivity contribution in [2.75, 3.05) is 13.1 Å². The molecule has 1 unspecified atom stereocenters. The maximum Gasteiger partial charge on any atom is 0.267 e. The molecule has 4 rings (SSSR count). The van der Waals surface area contributed by atoms with Crippen molar-refractivity contribution in [1.82, 2.24) is 14.7 Å². The normalized spacial score (nSPS) is 15.7. The zero-order valence-corrected chi connectivity index (χ0v) is 17.5. The summed E-state index contributed by atoms with van der Waals surface area (Å²) in [6.07, 6.45) is 1.47. The van der Waals surface area contributed by atoms with E-state index >= 15 is 0 Å². The topological polar surface area (TPSA) is 55.2 Å². The number of nitrogens with zero attached hydrogens (tertiary/aromatic N) is 3. The lowest BCUT2D eigenvalue weighted by Crippen LogP contribution is -2.43. The van der Waals surface area contributed by atoms with E-state index in [2.05, 4.69) is 0 Å². The zero-order chi connectivity index (χ0) is 21.1. The fourth-order valence-electron chi connectivity index (χ4n) is 4.19. The molecule has 0 aliphatic carbocycles. The lowest BCUT2D eigenvalue weighted by atomic mass is 9.97. The molecule has 2 aromatic carbocycles. The highest BCUT2D eigenvalue weighted by Crippen LogP contribution is 2.26. The van der Waals surface area contributed by atoms with Crippen molar-refractivity contribution in [3.05, 3.63) is 88.2 Å². The van der Waals surface area contributed by atoms with Crippen LogP contribution in [0.2, 0.25) is 0 Å². The molecule has 2 heterocycles. The molecule has 1 fully saturated rings. The molecule has 30 heavy (non-hydrogen) atoms. The molecule has 0 spiro atoms. The molecular formula is C25H27N3O2. The Morgan fingerprint density at radius 2 is 1.60 bits per heavy atom. The van der Waals surface area contributed by atoms with Gasteiger partial charge in [-0.1, -0.05) is 60.7 Å². The molecule has 1 aliphatic heterocycles. The third-order valence-electron chi connectivity index (χ3n) is 5.99. The van der Waals surface area contributed by atoms with Gasteiger partial charge in [-0.3, -0.25) is 9.59 Å². The number of rotatable bonds is 4. The lowest BCUT2D eigenvalue weighted by Gasteiger charge is -2.34. The van der Waals surface area contributed by atoms with Crippen LogP contribution >= 0.6 is 0 Å². The van der Waals surface area contributed by atoms with Crippen LogP contribution in [0.3, 0.4) is 0 Å². The van der Waals surface area contributed by atoms with E-state index in [4.69, 9.17) is 5.10 Å². The van der Waals surface area contributed by atoms with Crippen LogP contribution in [-0.2, 0) is 4.79 Å². The summed E-state index contributed by atoms with van der Waals surface area (Å²) in [5.41, 5.74) is 3.69. The van der Waals surface area contributed by atoms with Crippen molar-refractivity contribution in [1.29, 1.82) is 0 Å². The van der Waals surface area contributed by atoms with Gasteiger partial charge in [0, 0.05) is 24.7 Å². The number of carbonyl (C=O) groups is 1.